The number of hydrogen-bond donors (Lipinski definition) is 4. The van der Waals surface area contributed by atoms with Crippen LogP contribution in [0.5, 0.6) is 0 Å². The highest BCUT2D eigenvalue weighted by atomic mass is 16.2. The van der Waals surface area contributed by atoms with E-state index in [4.69, 9.17) is 0 Å². The van der Waals surface area contributed by atoms with Gasteiger partial charge in [-0.3, -0.25) is 23.9 Å². The highest BCUT2D eigenvalue weighted by Gasteiger charge is 2.37. The van der Waals surface area contributed by atoms with Crippen molar-refractivity contribution in [1.82, 2.24) is 41.2 Å². The predicted molar refractivity (Wildman–Crippen MR) is 137 cm³/mol. The molecule has 0 aromatic carbocycles. The average molecular weight is 527 g/mol. The van der Waals surface area contributed by atoms with Crippen molar-refractivity contribution in [3.05, 3.63) is 47.0 Å². The third-order valence-electron chi connectivity index (χ3n) is 6.22. The van der Waals surface area contributed by atoms with Crippen LogP contribution in [0.2, 0.25) is 0 Å². The van der Waals surface area contributed by atoms with E-state index in [2.05, 4.69) is 31.6 Å². The minimum atomic E-state index is -0.718. The predicted octanol–water partition coefficient (Wildman–Crippen LogP) is -0.914. The molecule has 1 aromatic heterocycles. The SMILES string of the molecule is CNC(=O)CCC(C=O)N1CC2=C(NC(=O)CCCNCCn3cc(CNC=O)nn3)C=CCC=C2C1=O. The van der Waals surface area contributed by atoms with Crippen LogP contribution in [0.1, 0.15) is 37.8 Å². The summed E-state index contributed by atoms with van der Waals surface area (Å²) in [6, 6.07) is -0.718. The fourth-order valence-electron chi connectivity index (χ4n) is 4.19. The highest BCUT2D eigenvalue weighted by molar-refractivity contribution is 6.03. The van der Waals surface area contributed by atoms with Gasteiger partial charge in [-0.25, -0.2) is 0 Å². The van der Waals surface area contributed by atoms with Crippen LogP contribution in [0, 0.1) is 0 Å². The highest BCUT2D eigenvalue weighted by Crippen LogP contribution is 2.30. The lowest BCUT2D eigenvalue weighted by molar-refractivity contribution is -0.131. The Labute approximate surface area is 220 Å². The molecule has 1 aliphatic carbocycles. The Hall–Kier alpha value is -4.13. The second-order valence-electron chi connectivity index (χ2n) is 8.87. The summed E-state index contributed by atoms with van der Waals surface area (Å²) in [6.45, 7) is 2.41. The molecule has 2 aliphatic rings. The van der Waals surface area contributed by atoms with E-state index in [1.807, 2.05) is 6.08 Å². The van der Waals surface area contributed by atoms with Gasteiger partial charge in [-0.1, -0.05) is 17.4 Å². The molecule has 1 unspecified atom stereocenters. The van der Waals surface area contributed by atoms with Crippen LogP contribution in [-0.2, 0) is 37.1 Å². The molecule has 0 spiro atoms. The standard InChI is InChI=1S/C25H34N8O5/c1-26-23(36)9-8-19(16-34)33-15-21-20(25(33)38)5-2-3-6-22(21)29-24(37)7-4-10-27-11-12-32-14-18(30-31-32)13-28-17-35/h3,5-6,14,16-17,19,27H,2,4,7-13,15H2,1H3,(H,26,36)(H,28,35)(H,29,37). The molecule has 1 aliphatic heterocycles. The number of aldehydes is 1. The number of fused-ring (bicyclic) bond motifs is 1. The molecule has 1 atom stereocenters. The second-order valence-corrected chi connectivity index (χ2v) is 8.87. The number of carbonyl (C=O) groups is 5. The molecule has 0 radical (unpaired) electrons. The zero-order chi connectivity index (χ0) is 27.3. The maximum absolute atomic E-state index is 13.0. The number of allylic oxidation sites excluding steroid dienone is 3. The van der Waals surface area contributed by atoms with Crippen molar-refractivity contribution in [1.29, 1.82) is 0 Å². The molecular formula is C25H34N8O5. The minimum Gasteiger partial charge on any atom is -0.359 e. The number of hydrogen-bond acceptors (Lipinski definition) is 8. The second kappa shape index (κ2) is 14.6. The molecule has 4 N–H and O–H groups in total. The van der Waals surface area contributed by atoms with Gasteiger partial charge >= 0.3 is 0 Å². The average Bonchev–Trinajstić information content (AvgIpc) is 3.44. The molecule has 1 saturated heterocycles. The van der Waals surface area contributed by atoms with E-state index < -0.39 is 6.04 Å². The Morgan fingerprint density at radius 2 is 2.03 bits per heavy atom. The molecular weight excluding hydrogens is 492 g/mol. The number of aromatic nitrogens is 3. The summed E-state index contributed by atoms with van der Waals surface area (Å²) in [4.78, 5) is 60.8. The molecule has 0 saturated carbocycles. The fraction of sp³-hybridized carbons (Fsp3) is 0.480. The van der Waals surface area contributed by atoms with Gasteiger partial charge in [-0.05, 0) is 31.9 Å². The van der Waals surface area contributed by atoms with Gasteiger partial charge in [-0.15, -0.1) is 5.10 Å². The number of rotatable bonds is 16. The van der Waals surface area contributed by atoms with E-state index in [1.54, 1.807) is 23.0 Å². The molecule has 38 heavy (non-hydrogen) atoms. The summed E-state index contributed by atoms with van der Waals surface area (Å²) in [5, 5.41) is 19.2. The number of nitrogens with zero attached hydrogens (tertiary/aromatic N) is 4. The van der Waals surface area contributed by atoms with E-state index in [-0.39, 0.29) is 37.1 Å². The summed E-state index contributed by atoms with van der Waals surface area (Å²) in [5.74, 6) is -0.632. The van der Waals surface area contributed by atoms with Crippen molar-refractivity contribution >= 4 is 30.4 Å². The van der Waals surface area contributed by atoms with E-state index in [9.17, 15) is 24.0 Å². The molecule has 3 rings (SSSR count). The van der Waals surface area contributed by atoms with Crippen molar-refractivity contribution < 1.29 is 24.0 Å². The van der Waals surface area contributed by atoms with Gasteiger partial charge in [0.2, 0.25) is 18.2 Å². The van der Waals surface area contributed by atoms with E-state index >= 15 is 0 Å². The van der Waals surface area contributed by atoms with Crippen molar-refractivity contribution in [2.45, 2.75) is 51.2 Å². The third kappa shape index (κ3) is 7.93. The summed E-state index contributed by atoms with van der Waals surface area (Å²) in [5.41, 5.74) is 2.39. The lowest BCUT2D eigenvalue weighted by Crippen LogP contribution is -2.38. The van der Waals surface area contributed by atoms with Gasteiger partial charge in [0.25, 0.3) is 5.91 Å². The van der Waals surface area contributed by atoms with Gasteiger partial charge in [0.1, 0.15) is 12.0 Å². The molecule has 4 amide bonds. The molecule has 13 heteroatoms. The van der Waals surface area contributed by atoms with Gasteiger partial charge in [0.05, 0.1) is 25.3 Å². The summed E-state index contributed by atoms with van der Waals surface area (Å²) < 4.78 is 1.68. The van der Waals surface area contributed by atoms with Crippen LogP contribution in [0.25, 0.3) is 0 Å². The molecule has 1 aromatic rings. The maximum atomic E-state index is 13.0. The summed E-state index contributed by atoms with van der Waals surface area (Å²) >= 11 is 0. The quantitative estimate of drug-likeness (QED) is 0.159. The lowest BCUT2D eigenvalue weighted by Gasteiger charge is -2.22. The first-order chi connectivity index (χ1) is 18.5. The van der Waals surface area contributed by atoms with Gasteiger partial charge in [0.15, 0.2) is 0 Å². The van der Waals surface area contributed by atoms with Gasteiger partial charge in [-0.2, -0.15) is 0 Å². The topological polar surface area (TPSA) is 167 Å². The molecule has 13 nitrogen and oxygen atoms in total. The zero-order valence-electron chi connectivity index (χ0n) is 21.4. The monoisotopic (exact) mass is 526 g/mol. The van der Waals surface area contributed by atoms with Crippen LogP contribution in [0.3, 0.4) is 0 Å². The van der Waals surface area contributed by atoms with Crippen LogP contribution in [0.4, 0.5) is 0 Å². The summed E-state index contributed by atoms with van der Waals surface area (Å²) in [6.07, 6.45) is 10.3. The molecule has 2 heterocycles. The number of amides is 4. The van der Waals surface area contributed by atoms with Crippen molar-refractivity contribution in [2.24, 2.45) is 0 Å². The Balaban J connectivity index is 1.47. The molecule has 0 bridgehead atoms. The maximum Gasteiger partial charge on any atom is 0.254 e. The van der Waals surface area contributed by atoms with E-state index in [0.29, 0.717) is 80.7 Å². The van der Waals surface area contributed by atoms with Crippen LogP contribution in [0.15, 0.2) is 41.3 Å². The van der Waals surface area contributed by atoms with Crippen molar-refractivity contribution in [2.75, 3.05) is 26.7 Å². The number of carbonyl (C=O) groups excluding carboxylic acids is 5. The van der Waals surface area contributed by atoms with Crippen LogP contribution in [-0.4, -0.2) is 83.0 Å². The largest absolute Gasteiger partial charge is 0.359 e. The van der Waals surface area contributed by atoms with Crippen molar-refractivity contribution in [3.63, 3.8) is 0 Å². The number of likely N-dealkylation sites (tertiary alicyclic amines) is 1. The first-order valence-electron chi connectivity index (χ1n) is 12.6. The fourth-order valence-corrected chi connectivity index (χ4v) is 4.19. The molecule has 1 fully saturated rings. The van der Waals surface area contributed by atoms with Gasteiger partial charge in [0, 0.05) is 49.8 Å². The van der Waals surface area contributed by atoms with E-state index in [0.717, 1.165) is 0 Å². The van der Waals surface area contributed by atoms with Crippen molar-refractivity contribution in [3.8, 4) is 0 Å². The number of nitrogens with one attached hydrogen (secondary N) is 4. The Morgan fingerprint density at radius 1 is 1.18 bits per heavy atom. The Bertz CT molecular complexity index is 1120. The van der Waals surface area contributed by atoms with E-state index in [1.165, 1.54) is 11.9 Å². The molecule has 204 valence electrons. The smallest absolute Gasteiger partial charge is 0.254 e. The minimum absolute atomic E-state index is 0.137. The summed E-state index contributed by atoms with van der Waals surface area (Å²) in [7, 11) is 1.52. The lowest BCUT2D eigenvalue weighted by atomic mass is 10.1. The first-order valence-corrected chi connectivity index (χ1v) is 12.6. The van der Waals surface area contributed by atoms with Gasteiger partial charge < -0.3 is 31.0 Å². The normalized spacial score (nSPS) is 15.4. The van der Waals surface area contributed by atoms with Crippen LogP contribution >= 0.6 is 0 Å². The Morgan fingerprint density at radius 3 is 2.79 bits per heavy atom. The zero-order valence-corrected chi connectivity index (χ0v) is 21.4. The third-order valence-corrected chi connectivity index (χ3v) is 6.22. The first kappa shape index (κ1) is 28.4. The van der Waals surface area contributed by atoms with Crippen LogP contribution < -0.4 is 21.3 Å². The Kier molecular flexibility index (Phi) is 10.9.